The summed E-state index contributed by atoms with van der Waals surface area (Å²) in [5.74, 6) is 0.0935. The van der Waals surface area contributed by atoms with Crippen molar-refractivity contribution >= 4 is 12.0 Å². The van der Waals surface area contributed by atoms with Gasteiger partial charge >= 0.3 is 6.03 Å². The highest BCUT2D eigenvalue weighted by atomic mass is 16.2. The number of aromatic nitrogens is 3. The molecule has 1 heterocycles. The molecule has 0 saturated carbocycles. The first-order valence-corrected chi connectivity index (χ1v) is 3.19. The number of nitrogens with one attached hydrogen (secondary N) is 1. The summed E-state index contributed by atoms with van der Waals surface area (Å²) in [4.78, 5) is 14.6. The van der Waals surface area contributed by atoms with E-state index in [9.17, 15) is 4.79 Å². The standard InChI is InChI=1S/C5H9N5O/c1-2-7-5(11)10-4(6)8-3-9-10/h3H,2H2,1H3,(H,7,11)(H2,6,8,9). The number of nitrogens with two attached hydrogens (primary N) is 1. The summed E-state index contributed by atoms with van der Waals surface area (Å²) in [6, 6.07) is -0.359. The second-order valence-corrected chi connectivity index (χ2v) is 1.87. The van der Waals surface area contributed by atoms with Crippen molar-refractivity contribution in [2.24, 2.45) is 0 Å². The zero-order valence-corrected chi connectivity index (χ0v) is 6.11. The quantitative estimate of drug-likeness (QED) is 0.569. The van der Waals surface area contributed by atoms with Gasteiger partial charge in [-0.2, -0.15) is 4.98 Å². The van der Waals surface area contributed by atoms with Gasteiger partial charge in [-0.15, -0.1) is 9.78 Å². The van der Waals surface area contributed by atoms with Crippen LogP contribution in [0.25, 0.3) is 0 Å². The van der Waals surface area contributed by atoms with E-state index in [1.54, 1.807) is 0 Å². The fraction of sp³-hybridized carbons (Fsp3) is 0.400. The highest BCUT2D eigenvalue weighted by molar-refractivity contribution is 5.77. The summed E-state index contributed by atoms with van der Waals surface area (Å²) >= 11 is 0. The van der Waals surface area contributed by atoms with Gasteiger partial charge in [-0.25, -0.2) is 4.79 Å². The molecular formula is C5H9N5O. The van der Waals surface area contributed by atoms with E-state index in [1.807, 2.05) is 6.92 Å². The molecule has 1 aromatic heterocycles. The molecule has 6 heteroatoms. The van der Waals surface area contributed by atoms with Gasteiger partial charge in [-0.05, 0) is 6.92 Å². The van der Waals surface area contributed by atoms with Gasteiger partial charge in [0.1, 0.15) is 6.33 Å². The maximum absolute atomic E-state index is 11.0. The molecule has 0 fully saturated rings. The Hall–Kier alpha value is -1.59. The average molecular weight is 155 g/mol. The Morgan fingerprint density at radius 1 is 1.91 bits per heavy atom. The Morgan fingerprint density at radius 3 is 3.09 bits per heavy atom. The molecule has 0 saturated heterocycles. The zero-order chi connectivity index (χ0) is 8.27. The van der Waals surface area contributed by atoms with Crippen LogP contribution in [0.3, 0.4) is 0 Å². The van der Waals surface area contributed by atoms with Crippen LogP contribution in [0.15, 0.2) is 6.33 Å². The van der Waals surface area contributed by atoms with E-state index in [4.69, 9.17) is 5.73 Å². The van der Waals surface area contributed by atoms with Gasteiger partial charge in [0.2, 0.25) is 5.95 Å². The highest BCUT2D eigenvalue weighted by Gasteiger charge is 2.06. The van der Waals surface area contributed by atoms with Crippen molar-refractivity contribution in [3.8, 4) is 0 Å². The molecule has 1 aromatic rings. The minimum absolute atomic E-state index is 0.0935. The Balaban J connectivity index is 2.76. The van der Waals surface area contributed by atoms with Crippen LogP contribution in [-0.4, -0.2) is 27.3 Å². The molecule has 1 amide bonds. The molecule has 11 heavy (non-hydrogen) atoms. The summed E-state index contributed by atoms with van der Waals surface area (Å²) in [7, 11) is 0. The first-order valence-electron chi connectivity index (χ1n) is 3.19. The van der Waals surface area contributed by atoms with E-state index >= 15 is 0 Å². The first kappa shape index (κ1) is 7.52. The Labute approximate surface area is 63.4 Å². The van der Waals surface area contributed by atoms with E-state index in [2.05, 4.69) is 15.4 Å². The summed E-state index contributed by atoms with van der Waals surface area (Å²) in [5.41, 5.74) is 5.30. The number of hydrogen-bond donors (Lipinski definition) is 2. The number of carbonyl (C=O) groups is 1. The van der Waals surface area contributed by atoms with Crippen LogP contribution in [-0.2, 0) is 0 Å². The van der Waals surface area contributed by atoms with Crippen molar-refractivity contribution in [2.75, 3.05) is 12.3 Å². The number of anilines is 1. The molecule has 0 unspecified atom stereocenters. The lowest BCUT2D eigenvalue weighted by molar-refractivity contribution is 0.240. The summed E-state index contributed by atoms with van der Waals surface area (Å²) < 4.78 is 1.00. The number of carbonyl (C=O) groups excluding carboxylic acids is 1. The fourth-order valence-electron chi connectivity index (χ4n) is 0.633. The molecule has 0 atom stereocenters. The van der Waals surface area contributed by atoms with Gasteiger partial charge in [0.05, 0.1) is 0 Å². The molecule has 0 aliphatic heterocycles. The third kappa shape index (κ3) is 1.46. The van der Waals surface area contributed by atoms with Crippen LogP contribution in [0.2, 0.25) is 0 Å². The Morgan fingerprint density at radius 2 is 2.64 bits per heavy atom. The predicted octanol–water partition coefficient (Wildman–Crippen LogP) is -0.562. The lowest BCUT2D eigenvalue weighted by Crippen LogP contribution is -2.29. The molecule has 6 nitrogen and oxygen atoms in total. The normalized spacial score (nSPS) is 9.55. The second kappa shape index (κ2) is 3.00. The molecule has 0 spiro atoms. The number of rotatable bonds is 1. The van der Waals surface area contributed by atoms with Crippen LogP contribution < -0.4 is 11.1 Å². The molecule has 1 rings (SSSR count). The summed E-state index contributed by atoms with van der Waals surface area (Å²) in [5, 5.41) is 6.13. The smallest absolute Gasteiger partial charge is 0.345 e. The topological polar surface area (TPSA) is 85.8 Å². The molecule has 0 aromatic carbocycles. The van der Waals surface area contributed by atoms with Crippen molar-refractivity contribution < 1.29 is 4.79 Å². The second-order valence-electron chi connectivity index (χ2n) is 1.87. The van der Waals surface area contributed by atoms with Crippen molar-refractivity contribution in [1.82, 2.24) is 20.1 Å². The van der Waals surface area contributed by atoms with Gasteiger partial charge in [-0.1, -0.05) is 0 Å². The van der Waals surface area contributed by atoms with Crippen molar-refractivity contribution in [3.05, 3.63) is 6.33 Å². The number of amides is 1. The fourth-order valence-corrected chi connectivity index (χ4v) is 0.633. The monoisotopic (exact) mass is 155 g/mol. The number of hydrogen-bond acceptors (Lipinski definition) is 4. The molecule has 0 aliphatic carbocycles. The van der Waals surface area contributed by atoms with E-state index in [1.165, 1.54) is 6.33 Å². The lowest BCUT2D eigenvalue weighted by atomic mass is 10.7. The van der Waals surface area contributed by atoms with Crippen molar-refractivity contribution in [3.63, 3.8) is 0 Å². The molecule has 60 valence electrons. The minimum atomic E-state index is -0.359. The lowest BCUT2D eigenvalue weighted by Gasteiger charge is -2.00. The van der Waals surface area contributed by atoms with E-state index in [0.717, 1.165) is 4.68 Å². The van der Waals surface area contributed by atoms with Crippen LogP contribution in [0.1, 0.15) is 6.92 Å². The predicted molar refractivity (Wildman–Crippen MR) is 38.9 cm³/mol. The summed E-state index contributed by atoms with van der Waals surface area (Å²) in [6.45, 7) is 2.35. The van der Waals surface area contributed by atoms with Gasteiger partial charge in [0.25, 0.3) is 0 Å². The van der Waals surface area contributed by atoms with Gasteiger partial charge in [0, 0.05) is 6.54 Å². The van der Waals surface area contributed by atoms with Gasteiger partial charge in [0.15, 0.2) is 0 Å². The van der Waals surface area contributed by atoms with Gasteiger partial charge in [-0.3, -0.25) is 0 Å². The molecular weight excluding hydrogens is 146 g/mol. The Kier molecular flexibility index (Phi) is 2.05. The van der Waals surface area contributed by atoms with Gasteiger partial charge < -0.3 is 11.1 Å². The third-order valence-electron chi connectivity index (χ3n) is 1.09. The van der Waals surface area contributed by atoms with Crippen LogP contribution in [0, 0.1) is 0 Å². The zero-order valence-electron chi connectivity index (χ0n) is 6.11. The van der Waals surface area contributed by atoms with E-state index < -0.39 is 0 Å². The van der Waals surface area contributed by atoms with Crippen molar-refractivity contribution in [1.29, 1.82) is 0 Å². The maximum atomic E-state index is 11.0. The number of nitrogen functional groups attached to an aromatic ring is 1. The highest BCUT2D eigenvalue weighted by Crippen LogP contribution is 1.91. The first-order chi connectivity index (χ1) is 5.25. The minimum Gasteiger partial charge on any atom is -0.368 e. The number of nitrogens with zero attached hydrogens (tertiary/aromatic N) is 3. The Bertz CT molecular complexity index is 255. The molecule has 0 bridgehead atoms. The maximum Gasteiger partial charge on any atom is 0.345 e. The summed E-state index contributed by atoms with van der Waals surface area (Å²) in [6.07, 6.45) is 1.23. The molecule has 0 aliphatic rings. The van der Waals surface area contributed by atoms with E-state index in [0.29, 0.717) is 6.54 Å². The van der Waals surface area contributed by atoms with Crippen LogP contribution in [0.4, 0.5) is 10.7 Å². The average Bonchev–Trinajstić information content (AvgIpc) is 2.36. The van der Waals surface area contributed by atoms with Crippen LogP contribution >= 0.6 is 0 Å². The molecule has 0 radical (unpaired) electrons. The SMILES string of the molecule is CCNC(=O)n1ncnc1N. The third-order valence-corrected chi connectivity index (χ3v) is 1.09. The largest absolute Gasteiger partial charge is 0.368 e. The van der Waals surface area contributed by atoms with Crippen molar-refractivity contribution in [2.45, 2.75) is 6.92 Å². The van der Waals surface area contributed by atoms with Crippen LogP contribution in [0.5, 0.6) is 0 Å². The molecule has 3 N–H and O–H groups in total. The van der Waals surface area contributed by atoms with E-state index in [-0.39, 0.29) is 12.0 Å².